The van der Waals surface area contributed by atoms with Crippen molar-refractivity contribution < 1.29 is 19.4 Å². The highest BCUT2D eigenvalue weighted by atomic mass is 32.2. The van der Waals surface area contributed by atoms with Crippen LogP contribution in [0.3, 0.4) is 0 Å². The van der Waals surface area contributed by atoms with E-state index < -0.39 is 17.8 Å². The van der Waals surface area contributed by atoms with Crippen LogP contribution in [0, 0.1) is 5.82 Å². The number of aliphatic hydroxyl groups excluding tert-OH is 1. The number of hydrogen-bond donors (Lipinski definition) is 3. The predicted molar refractivity (Wildman–Crippen MR) is 79.6 cm³/mol. The summed E-state index contributed by atoms with van der Waals surface area (Å²) in [6.45, 7) is 1.59. The maximum atomic E-state index is 14.0. The number of amidine groups is 1. The minimum Gasteiger partial charge on any atom is -0.478 e. The zero-order valence-corrected chi connectivity index (χ0v) is 12.2. The Bertz CT molecular complexity index is 616. The molecule has 0 bridgehead atoms. The smallest absolute Gasteiger partial charge is 0.335 e. The monoisotopic (exact) mass is 310 g/mol. The van der Waals surface area contributed by atoms with E-state index in [1.165, 1.54) is 23.9 Å². The van der Waals surface area contributed by atoms with Gasteiger partial charge in [0.25, 0.3) is 0 Å². The Labute approximate surface area is 125 Å². The Morgan fingerprint density at radius 2 is 2.19 bits per heavy atom. The van der Waals surface area contributed by atoms with E-state index in [0.29, 0.717) is 16.6 Å². The predicted octanol–water partition coefficient (Wildman–Crippen LogP) is 1.91. The molecule has 0 radical (unpaired) electrons. The fraction of sp³-hybridized carbons (Fsp3) is 0.286. The molecular formula is C14H15FN2O3S. The minimum absolute atomic E-state index is 0.0217. The molecule has 1 aliphatic heterocycles. The Morgan fingerprint density at radius 1 is 1.48 bits per heavy atom. The highest BCUT2D eigenvalue weighted by molar-refractivity contribution is 8.13. The third kappa shape index (κ3) is 3.43. The van der Waals surface area contributed by atoms with Gasteiger partial charge in [-0.25, -0.2) is 14.2 Å². The van der Waals surface area contributed by atoms with Crippen molar-refractivity contribution in [3.05, 3.63) is 46.9 Å². The second kappa shape index (κ2) is 6.73. The summed E-state index contributed by atoms with van der Waals surface area (Å²) in [6, 6.07) is 5.10. The third-order valence-electron chi connectivity index (χ3n) is 2.98. The van der Waals surface area contributed by atoms with E-state index in [0.717, 1.165) is 0 Å². The fourth-order valence-corrected chi connectivity index (χ4v) is 2.75. The summed E-state index contributed by atoms with van der Waals surface area (Å²) in [6.07, 6.45) is 0. The van der Waals surface area contributed by atoms with Crippen LogP contribution in [-0.2, 0) is 4.79 Å². The molecule has 21 heavy (non-hydrogen) atoms. The van der Waals surface area contributed by atoms with Crippen LogP contribution in [0.25, 0.3) is 0 Å². The lowest BCUT2D eigenvalue weighted by Crippen LogP contribution is -2.30. The average molecular weight is 310 g/mol. The molecule has 2 rings (SSSR count). The molecule has 1 unspecified atom stereocenters. The first-order chi connectivity index (χ1) is 10.0. The molecule has 112 valence electrons. The van der Waals surface area contributed by atoms with Gasteiger partial charge in [-0.2, -0.15) is 0 Å². The van der Waals surface area contributed by atoms with Crippen molar-refractivity contribution in [1.29, 1.82) is 0 Å². The Balaban J connectivity index is 2.44. The molecule has 0 saturated heterocycles. The molecule has 7 heteroatoms. The van der Waals surface area contributed by atoms with Crippen molar-refractivity contribution in [3.63, 3.8) is 0 Å². The van der Waals surface area contributed by atoms with Gasteiger partial charge in [-0.15, -0.1) is 0 Å². The molecule has 1 aromatic rings. The van der Waals surface area contributed by atoms with Gasteiger partial charge in [0.05, 0.1) is 12.2 Å². The van der Waals surface area contributed by atoms with E-state index in [4.69, 9.17) is 5.11 Å². The maximum absolute atomic E-state index is 14.0. The number of aliphatic carboxylic acids is 1. The molecule has 1 aliphatic rings. The first-order valence-electron chi connectivity index (χ1n) is 6.31. The second-order valence-electron chi connectivity index (χ2n) is 4.40. The van der Waals surface area contributed by atoms with Crippen LogP contribution in [0.2, 0.25) is 0 Å². The first-order valence-corrected chi connectivity index (χ1v) is 7.30. The number of carbonyl (C=O) groups is 1. The number of carboxylic acid groups (broad SMARTS) is 1. The van der Waals surface area contributed by atoms with E-state index >= 15 is 0 Å². The molecular weight excluding hydrogens is 295 g/mol. The number of nitrogens with zero attached hydrogens (tertiary/aromatic N) is 1. The molecule has 0 saturated carbocycles. The zero-order valence-electron chi connectivity index (χ0n) is 11.3. The van der Waals surface area contributed by atoms with Gasteiger partial charge in [0.2, 0.25) is 0 Å². The molecule has 0 amide bonds. The molecule has 0 aromatic heterocycles. The maximum Gasteiger partial charge on any atom is 0.335 e. The first kappa shape index (κ1) is 15.5. The number of allylic oxidation sites excluding steroid dienone is 1. The van der Waals surface area contributed by atoms with Crippen molar-refractivity contribution in [2.75, 3.05) is 12.4 Å². The fourth-order valence-electron chi connectivity index (χ4n) is 2.06. The summed E-state index contributed by atoms with van der Waals surface area (Å²) in [4.78, 5) is 15.7. The SMILES string of the molecule is CC1=C(C(=O)O)C(c2ccccc2F)N=C(SCCO)N1. The van der Waals surface area contributed by atoms with Crippen molar-refractivity contribution in [1.82, 2.24) is 5.32 Å². The number of nitrogens with one attached hydrogen (secondary N) is 1. The van der Waals surface area contributed by atoms with Gasteiger partial charge < -0.3 is 15.5 Å². The molecule has 3 N–H and O–H groups in total. The Hall–Kier alpha value is -1.86. The van der Waals surface area contributed by atoms with Crippen LogP contribution in [0.15, 0.2) is 40.5 Å². The lowest BCUT2D eigenvalue weighted by molar-refractivity contribution is -0.133. The van der Waals surface area contributed by atoms with Gasteiger partial charge in [0.1, 0.15) is 11.9 Å². The zero-order chi connectivity index (χ0) is 15.4. The number of benzene rings is 1. The van der Waals surface area contributed by atoms with E-state index in [-0.39, 0.29) is 17.7 Å². The summed E-state index contributed by atoms with van der Waals surface area (Å²) in [5.41, 5.74) is 0.664. The molecule has 0 spiro atoms. The van der Waals surface area contributed by atoms with E-state index in [1.807, 2.05) is 0 Å². The van der Waals surface area contributed by atoms with Crippen molar-refractivity contribution in [3.8, 4) is 0 Å². The van der Waals surface area contributed by atoms with E-state index in [2.05, 4.69) is 10.3 Å². The normalized spacial score (nSPS) is 18.2. The van der Waals surface area contributed by atoms with Crippen LogP contribution in [0.5, 0.6) is 0 Å². The minimum atomic E-state index is -1.14. The summed E-state index contributed by atoms with van der Waals surface area (Å²) >= 11 is 1.26. The molecule has 1 atom stereocenters. The lowest BCUT2D eigenvalue weighted by atomic mass is 9.96. The van der Waals surface area contributed by atoms with Crippen LogP contribution in [0.4, 0.5) is 4.39 Å². The van der Waals surface area contributed by atoms with Crippen LogP contribution >= 0.6 is 11.8 Å². The van der Waals surface area contributed by atoms with Crippen LogP contribution in [-0.4, -0.2) is 33.7 Å². The Kier molecular flexibility index (Phi) is 4.98. The van der Waals surface area contributed by atoms with Crippen LogP contribution in [0.1, 0.15) is 18.5 Å². The van der Waals surface area contributed by atoms with Gasteiger partial charge in [0, 0.05) is 17.0 Å². The van der Waals surface area contributed by atoms with Gasteiger partial charge in [-0.05, 0) is 13.0 Å². The molecule has 1 heterocycles. The highest BCUT2D eigenvalue weighted by Crippen LogP contribution is 2.33. The van der Waals surface area contributed by atoms with Gasteiger partial charge in [-0.3, -0.25) is 0 Å². The Morgan fingerprint density at radius 3 is 2.81 bits per heavy atom. The topological polar surface area (TPSA) is 81.9 Å². The summed E-state index contributed by atoms with van der Waals surface area (Å²) < 4.78 is 14.0. The van der Waals surface area contributed by atoms with Gasteiger partial charge in [0.15, 0.2) is 5.17 Å². The van der Waals surface area contributed by atoms with Crippen molar-refractivity contribution in [2.24, 2.45) is 4.99 Å². The van der Waals surface area contributed by atoms with Gasteiger partial charge >= 0.3 is 5.97 Å². The number of thioether (sulfide) groups is 1. The standard InChI is InChI=1S/C14H15FN2O3S/c1-8-11(13(19)20)12(9-4-2-3-5-10(9)15)17-14(16-8)21-7-6-18/h2-5,12,18H,6-7H2,1H3,(H,16,17)(H,19,20). The summed E-state index contributed by atoms with van der Waals surface area (Å²) in [5, 5.41) is 21.6. The second-order valence-corrected chi connectivity index (χ2v) is 5.48. The van der Waals surface area contributed by atoms with Crippen LogP contribution < -0.4 is 5.32 Å². The number of halogens is 1. The molecule has 1 aromatic carbocycles. The molecule has 0 fully saturated rings. The number of aliphatic imine (C=N–C) groups is 1. The number of rotatable bonds is 4. The lowest BCUT2D eigenvalue weighted by Gasteiger charge is -2.24. The summed E-state index contributed by atoms with van der Waals surface area (Å²) in [7, 11) is 0. The molecule has 0 aliphatic carbocycles. The third-order valence-corrected chi connectivity index (χ3v) is 3.85. The highest BCUT2D eigenvalue weighted by Gasteiger charge is 2.30. The summed E-state index contributed by atoms with van der Waals surface area (Å²) in [5.74, 6) is -1.21. The number of hydrogen-bond acceptors (Lipinski definition) is 5. The van der Waals surface area contributed by atoms with Crippen molar-refractivity contribution in [2.45, 2.75) is 13.0 Å². The van der Waals surface area contributed by atoms with Crippen molar-refractivity contribution >= 4 is 22.9 Å². The van der Waals surface area contributed by atoms with Gasteiger partial charge in [-0.1, -0.05) is 30.0 Å². The molecule has 5 nitrogen and oxygen atoms in total. The van der Waals surface area contributed by atoms with E-state index in [1.54, 1.807) is 19.1 Å². The largest absolute Gasteiger partial charge is 0.478 e. The average Bonchev–Trinajstić information content (AvgIpc) is 2.44. The van der Waals surface area contributed by atoms with E-state index in [9.17, 15) is 14.3 Å². The number of aliphatic hydroxyl groups is 1. The number of carboxylic acids is 1. The quantitative estimate of drug-likeness (QED) is 0.791.